The maximum absolute atomic E-state index is 11.6. The number of nitrogens with zero attached hydrogens (tertiary/aromatic N) is 2. The van der Waals surface area contributed by atoms with Crippen molar-refractivity contribution in [2.45, 2.75) is 0 Å². The first-order valence-electron chi connectivity index (χ1n) is 5.32. The number of benzene rings is 1. The molecule has 0 atom stereocenters. The molecule has 0 unspecified atom stereocenters. The molecule has 9 heteroatoms. The minimum absolute atomic E-state index is 0.165. The Balaban J connectivity index is 2.02. The number of nitrogens with one attached hydrogen (secondary N) is 2. The number of hydrogen-bond donors (Lipinski definition) is 2. The van der Waals surface area contributed by atoms with Gasteiger partial charge in [-0.15, -0.1) is 11.3 Å². The fourth-order valence-corrected chi connectivity index (χ4v) is 1.85. The standard InChI is InChI=1S/C11H8N4O4S/c16-9(10(17)14-11-12-4-5-20-11)13-7-2-1-3-8(6-7)15(18)19/h1-6H,(H,13,16)(H,12,14,17). The van der Waals surface area contributed by atoms with Crippen LogP contribution in [0.5, 0.6) is 0 Å². The number of non-ortho nitro benzene ring substituents is 1. The second-order valence-corrected chi connectivity index (χ2v) is 4.45. The molecule has 2 aromatic rings. The van der Waals surface area contributed by atoms with Gasteiger partial charge in [-0.1, -0.05) is 6.07 Å². The van der Waals surface area contributed by atoms with Crippen LogP contribution in [-0.4, -0.2) is 21.7 Å². The van der Waals surface area contributed by atoms with E-state index in [1.54, 1.807) is 5.38 Å². The topological polar surface area (TPSA) is 114 Å². The third kappa shape index (κ3) is 3.36. The summed E-state index contributed by atoms with van der Waals surface area (Å²) < 4.78 is 0. The number of nitro benzene ring substituents is 1. The van der Waals surface area contributed by atoms with Crippen molar-refractivity contribution < 1.29 is 14.5 Å². The van der Waals surface area contributed by atoms with E-state index in [9.17, 15) is 19.7 Å². The van der Waals surface area contributed by atoms with Gasteiger partial charge in [0, 0.05) is 29.4 Å². The fourth-order valence-electron chi connectivity index (χ4n) is 1.32. The molecule has 0 saturated heterocycles. The molecule has 0 fully saturated rings. The van der Waals surface area contributed by atoms with E-state index in [0.717, 1.165) is 6.07 Å². The van der Waals surface area contributed by atoms with Gasteiger partial charge in [0.1, 0.15) is 0 Å². The first-order valence-corrected chi connectivity index (χ1v) is 6.20. The average molecular weight is 292 g/mol. The van der Waals surface area contributed by atoms with Gasteiger partial charge in [0.25, 0.3) is 5.69 Å². The zero-order valence-corrected chi connectivity index (χ0v) is 10.7. The van der Waals surface area contributed by atoms with Gasteiger partial charge in [0.2, 0.25) is 0 Å². The summed E-state index contributed by atoms with van der Waals surface area (Å²) in [5.41, 5.74) is -0.0124. The van der Waals surface area contributed by atoms with Crippen LogP contribution in [0.1, 0.15) is 0 Å². The first kappa shape index (κ1) is 13.6. The number of carbonyl (C=O) groups is 2. The molecule has 2 amide bonds. The largest absolute Gasteiger partial charge is 0.318 e. The molecule has 0 aliphatic rings. The van der Waals surface area contributed by atoms with Crippen molar-refractivity contribution in [2.24, 2.45) is 0 Å². The summed E-state index contributed by atoms with van der Waals surface area (Å²) >= 11 is 1.17. The Morgan fingerprint density at radius 2 is 2.00 bits per heavy atom. The van der Waals surface area contributed by atoms with Crippen molar-refractivity contribution in [1.29, 1.82) is 0 Å². The van der Waals surface area contributed by atoms with Gasteiger partial charge in [0.15, 0.2) is 5.13 Å². The van der Waals surface area contributed by atoms with Gasteiger partial charge in [-0.25, -0.2) is 4.98 Å². The third-order valence-electron chi connectivity index (χ3n) is 2.17. The predicted molar refractivity (Wildman–Crippen MR) is 72.5 cm³/mol. The highest BCUT2D eigenvalue weighted by atomic mass is 32.1. The molecule has 8 nitrogen and oxygen atoms in total. The SMILES string of the molecule is O=C(Nc1cccc([N+](=O)[O-])c1)C(=O)Nc1nccs1. The Bertz CT molecular complexity index is 656. The summed E-state index contributed by atoms with van der Waals surface area (Å²) in [6.07, 6.45) is 1.48. The van der Waals surface area contributed by atoms with Crippen LogP contribution in [0, 0.1) is 10.1 Å². The number of carbonyl (C=O) groups excluding carboxylic acids is 2. The third-order valence-corrected chi connectivity index (χ3v) is 2.86. The molecule has 0 bridgehead atoms. The van der Waals surface area contributed by atoms with Crippen LogP contribution in [0.4, 0.5) is 16.5 Å². The molecule has 20 heavy (non-hydrogen) atoms. The fraction of sp³-hybridized carbons (Fsp3) is 0. The molecule has 2 rings (SSSR count). The van der Waals surface area contributed by atoms with Gasteiger partial charge < -0.3 is 5.32 Å². The summed E-state index contributed by atoms with van der Waals surface area (Å²) in [6.45, 7) is 0. The summed E-state index contributed by atoms with van der Waals surface area (Å²) in [5.74, 6) is -1.83. The van der Waals surface area contributed by atoms with Crippen LogP contribution >= 0.6 is 11.3 Å². The zero-order valence-electron chi connectivity index (χ0n) is 9.90. The lowest BCUT2D eigenvalue weighted by atomic mass is 10.3. The minimum atomic E-state index is -0.930. The van der Waals surface area contributed by atoms with Crippen molar-refractivity contribution in [1.82, 2.24) is 4.98 Å². The predicted octanol–water partition coefficient (Wildman–Crippen LogP) is 1.63. The van der Waals surface area contributed by atoms with Gasteiger partial charge in [-0.05, 0) is 6.07 Å². The molecular weight excluding hydrogens is 284 g/mol. The molecular formula is C11H8N4O4S. The molecule has 0 spiro atoms. The van der Waals surface area contributed by atoms with Crippen molar-refractivity contribution in [3.05, 3.63) is 46.0 Å². The normalized spacial score (nSPS) is 9.80. The summed E-state index contributed by atoms with van der Waals surface area (Å²) in [4.78, 5) is 36.9. The van der Waals surface area contributed by atoms with Crippen LogP contribution in [0.25, 0.3) is 0 Å². The quantitative estimate of drug-likeness (QED) is 0.507. The Labute approximate surface area is 116 Å². The summed E-state index contributed by atoms with van der Waals surface area (Å²) in [7, 11) is 0. The highest BCUT2D eigenvalue weighted by molar-refractivity contribution is 7.13. The first-order chi connectivity index (χ1) is 9.56. The van der Waals surface area contributed by atoms with Crippen molar-refractivity contribution in [3.63, 3.8) is 0 Å². The van der Waals surface area contributed by atoms with Crippen LogP contribution in [-0.2, 0) is 9.59 Å². The number of aromatic nitrogens is 1. The van der Waals surface area contributed by atoms with E-state index >= 15 is 0 Å². The van der Waals surface area contributed by atoms with Crippen LogP contribution in [0.15, 0.2) is 35.8 Å². The van der Waals surface area contributed by atoms with Crippen LogP contribution in [0.2, 0.25) is 0 Å². The molecule has 1 aromatic carbocycles. The maximum Gasteiger partial charge on any atom is 0.315 e. The number of anilines is 2. The van der Waals surface area contributed by atoms with Crippen molar-refractivity contribution in [3.8, 4) is 0 Å². The second-order valence-electron chi connectivity index (χ2n) is 3.55. The lowest BCUT2D eigenvalue weighted by Gasteiger charge is -2.04. The smallest absolute Gasteiger partial charge is 0.315 e. The van der Waals surface area contributed by atoms with E-state index in [0.29, 0.717) is 5.13 Å². The Morgan fingerprint density at radius 1 is 1.25 bits per heavy atom. The second kappa shape index (κ2) is 5.89. The molecule has 2 N–H and O–H groups in total. The number of hydrogen-bond acceptors (Lipinski definition) is 6. The highest BCUT2D eigenvalue weighted by Crippen LogP contribution is 2.17. The van der Waals surface area contributed by atoms with E-state index in [1.165, 1.54) is 35.7 Å². The van der Waals surface area contributed by atoms with Crippen molar-refractivity contribution >= 4 is 39.7 Å². The van der Waals surface area contributed by atoms with Crippen molar-refractivity contribution in [2.75, 3.05) is 10.6 Å². The zero-order chi connectivity index (χ0) is 14.5. The molecule has 0 aliphatic heterocycles. The van der Waals surface area contributed by atoms with Crippen LogP contribution in [0.3, 0.4) is 0 Å². The summed E-state index contributed by atoms with van der Waals surface area (Å²) in [6, 6.07) is 5.30. The van der Waals surface area contributed by atoms with E-state index in [2.05, 4.69) is 15.6 Å². The number of rotatable bonds is 3. The lowest BCUT2D eigenvalue weighted by molar-refractivity contribution is -0.384. The highest BCUT2D eigenvalue weighted by Gasteiger charge is 2.16. The van der Waals surface area contributed by atoms with Gasteiger partial charge in [0.05, 0.1) is 4.92 Å². The number of amides is 2. The Morgan fingerprint density at radius 3 is 2.65 bits per heavy atom. The minimum Gasteiger partial charge on any atom is -0.318 e. The Kier molecular flexibility index (Phi) is 4.01. The number of thiazole rings is 1. The molecule has 0 saturated carbocycles. The molecule has 1 heterocycles. The van der Waals surface area contributed by atoms with Gasteiger partial charge in [-0.3, -0.25) is 25.0 Å². The maximum atomic E-state index is 11.6. The Hall–Kier alpha value is -2.81. The van der Waals surface area contributed by atoms with E-state index in [-0.39, 0.29) is 11.4 Å². The van der Waals surface area contributed by atoms with Gasteiger partial charge in [-0.2, -0.15) is 0 Å². The van der Waals surface area contributed by atoms with Crippen LogP contribution < -0.4 is 10.6 Å². The monoisotopic (exact) mass is 292 g/mol. The summed E-state index contributed by atoms with van der Waals surface area (Å²) in [5, 5.41) is 17.1. The molecule has 1 aromatic heterocycles. The van der Waals surface area contributed by atoms with E-state index in [4.69, 9.17) is 0 Å². The van der Waals surface area contributed by atoms with Gasteiger partial charge >= 0.3 is 11.8 Å². The van der Waals surface area contributed by atoms with E-state index < -0.39 is 16.7 Å². The average Bonchev–Trinajstić information content (AvgIpc) is 2.91. The number of nitro groups is 1. The molecule has 0 radical (unpaired) electrons. The molecule has 102 valence electrons. The molecule has 0 aliphatic carbocycles. The van der Waals surface area contributed by atoms with E-state index in [1.807, 2.05) is 0 Å². The lowest BCUT2D eigenvalue weighted by Crippen LogP contribution is -2.29.